The first-order chi connectivity index (χ1) is 21.5. The normalized spacial score (nSPS) is 18.4. The minimum absolute atomic E-state index is 0.0103. The standard InChI is InChI=1S/C27H33N9O8S2/c1-26(2,3)29-10-15(37)30-14-6-8-35(9-7-14)11-13-12-45-22-17(21(39)36(22)18(13)23(40)41)31-20(38)16(19-32-25(28)46-34-19)33-44-27(4,5)24(42)43/h6-9,17,22,29H,10-12H2,1-5H3,(H5,28,31,32,34,38,40,41,42,43)/p+1/b33-16-/t17-,22?/m1/s1. The van der Waals surface area contributed by atoms with Gasteiger partial charge in [0, 0.05) is 40.5 Å². The molecule has 2 aliphatic rings. The van der Waals surface area contributed by atoms with Crippen molar-refractivity contribution < 1.29 is 43.6 Å². The predicted molar refractivity (Wildman–Crippen MR) is 166 cm³/mol. The second kappa shape index (κ2) is 13.4. The van der Waals surface area contributed by atoms with Gasteiger partial charge in [0.25, 0.3) is 11.8 Å². The summed E-state index contributed by atoms with van der Waals surface area (Å²) < 4.78 is 5.65. The number of pyridine rings is 1. The number of amides is 3. The van der Waals surface area contributed by atoms with E-state index < -0.39 is 46.5 Å². The van der Waals surface area contributed by atoms with Crippen LogP contribution in [0, 0.1) is 0 Å². The highest BCUT2D eigenvalue weighted by atomic mass is 32.2. The van der Waals surface area contributed by atoms with Gasteiger partial charge < -0.3 is 36.7 Å². The summed E-state index contributed by atoms with van der Waals surface area (Å²) in [5, 5.41) is 30.7. The molecule has 4 heterocycles. The number of hydrogen-bond acceptors (Lipinski definition) is 13. The summed E-state index contributed by atoms with van der Waals surface area (Å²) in [6.07, 6.45) is 3.37. The van der Waals surface area contributed by atoms with E-state index in [1.54, 1.807) is 29.1 Å². The highest BCUT2D eigenvalue weighted by Crippen LogP contribution is 2.40. The maximum absolute atomic E-state index is 13.2. The molecule has 246 valence electrons. The fourth-order valence-corrected chi connectivity index (χ4v) is 5.92. The van der Waals surface area contributed by atoms with Crippen LogP contribution in [0.2, 0.25) is 0 Å². The first kappa shape index (κ1) is 34.3. The Hall–Kier alpha value is -4.62. The molecule has 2 aromatic rings. The molecule has 1 fully saturated rings. The quantitative estimate of drug-likeness (QED) is 0.0737. The third-order valence-electron chi connectivity index (χ3n) is 6.61. The monoisotopic (exact) mass is 676 g/mol. The second-order valence-corrected chi connectivity index (χ2v) is 13.7. The molecule has 0 radical (unpaired) electrons. The zero-order valence-electron chi connectivity index (χ0n) is 25.6. The number of fused-ring (bicyclic) bond motifs is 1. The van der Waals surface area contributed by atoms with E-state index in [4.69, 9.17) is 10.6 Å². The Labute approximate surface area is 271 Å². The van der Waals surface area contributed by atoms with E-state index in [1.807, 2.05) is 20.8 Å². The Morgan fingerprint density at radius 2 is 1.85 bits per heavy atom. The molecule has 7 N–H and O–H groups in total. The molecule has 1 unspecified atom stereocenters. The minimum atomic E-state index is -1.80. The number of oxime groups is 1. The van der Waals surface area contributed by atoms with E-state index in [1.165, 1.54) is 25.6 Å². The van der Waals surface area contributed by atoms with Crippen LogP contribution in [0.1, 0.15) is 40.4 Å². The zero-order valence-corrected chi connectivity index (χ0v) is 27.2. The summed E-state index contributed by atoms with van der Waals surface area (Å²) in [5.74, 6) is -4.46. The van der Waals surface area contributed by atoms with Gasteiger partial charge in [0.15, 0.2) is 24.1 Å². The molecule has 17 nitrogen and oxygen atoms in total. The number of carbonyl (C=O) groups excluding carboxylic acids is 3. The van der Waals surface area contributed by atoms with Gasteiger partial charge in [-0.05, 0) is 34.6 Å². The van der Waals surface area contributed by atoms with Crippen LogP contribution in [0.5, 0.6) is 0 Å². The lowest BCUT2D eigenvalue weighted by Gasteiger charge is -2.49. The molecular formula is C27H34N9O8S2+. The first-order valence-electron chi connectivity index (χ1n) is 13.8. The van der Waals surface area contributed by atoms with Crippen LogP contribution in [-0.2, 0) is 35.4 Å². The van der Waals surface area contributed by atoms with Gasteiger partial charge in [-0.3, -0.25) is 19.3 Å². The van der Waals surface area contributed by atoms with E-state index in [0.29, 0.717) is 11.3 Å². The maximum atomic E-state index is 13.2. The van der Waals surface area contributed by atoms with Crippen molar-refractivity contribution in [3.63, 3.8) is 0 Å². The highest BCUT2D eigenvalue weighted by Gasteiger charge is 2.55. The molecule has 3 amide bonds. The third-order valence-corrected chi connectivity index (χ3v) is 8.50. The van der Waals surface area contributed by atoms with Gasteiger partial charge in [0.2, 0.25) is 23.0 Å². The number of carboxylic acids is 2. The molecule has 0 spiro atoms. The van der Waals surface area contributed by atoms with Crippen LogP contribution >= 0.6 is 23.3 Å². The van der Waals surface area contributed by atoms with Crippen molar-refractivity contribution in [1.82, 2.24) is 24.9 Å². The predicted octanol–water partition coefficient (Wildman–Crippen LogP) is -0.243. The number of carboxylic acid groups (broad SMARTS) is 2. The molecule has 0 aromatic carbocycles. The van der Waals surface area contributed by atoms with Crippen molar-refractivity contribution in [1.29, 1.82) is 0 Å². The summed E-state index contributed by atoms with van der Waals surface area (Å²) in [6.45, 7) is 8.59. The first-order valence-corrected chi connectivity index (χ1v) is 15.6. The number of hydrogen-bond donors (Lipinski definition) is 6. The summed E-state index contributed by atoms with van der Waals surface area (Å²) >= 11 is 2.03. The minimum Gasteiger partial charge on any atom is -0.478 e. The van der Waals surface area contributed by atoms with Gasteiger partial charge in [-0.1, -0.05) is 5.16 Å². The number of aliphatic carboxylic acids is 2. The summed E-state index contributed by atoms with van der Waals surface area (Å²) in [7, 11) is 0. The zero-order chi connectivity index (χ0) is 34.0. The number of nitrogens with two attached hydrogens (primary N) is 1. The Balaban J connectivity index is 1.46. The topological polar surface area (TPSA) is 242 Å². The SMILES string of the molecule is CC(C)(C)NCC(=O)Nc1cc[n+](CC2=C(C(=O)O)N3C(=O)[C@@H](NC(=O)/C(=N\OC(C)(C)C(=O)O)c4nsc(N)n4)C3SC2)cc1. The maximum Gasteiger partial charge on any atom is 0.352 e. The lowest BCUT2D eigenvalue weighted by Crippen LogP contribution is -2.71. The molecular weight excluding hydrogens is 642 g/mol. The van der Waals surface area contributed by atoms with Gasteiger partial charge >= 0.3 is 11.9 Å². The van der Waals surface area contributed by atoms with Gasteiger partial charge in [-0.25, -0.2) is 14.2 Å². The molecule has 1 saturated heterocycles. The molecule has 0 saturated carbocycles. The Morgan fingerprint density at radius 1 is 1.17 bits per heavy atom. The van der Waals surface area contributed by atoms with Crippen LogP contribution in [0.4, 0.5) is 10.8 Å². The number of nitrogens with zero attached hydrogens (tertiary/aromatic N) is 5. The number of nitrogens with one attached hydrogen (secondary N) is 3. The number of rotatable bonds is 12. The molecule has 2 aromatic heterocycles. The van der Waals surface area contributed by atoms with Crippen LogP contribution < -0.4 is 26.3 Å². The lowest BCUT2D eigenvalue weighted by molar-refractivity contribution is -0.688. The Morgan fingerprint density at radius 3 is 2.41 bits per heavy atom. The van der Waals surface area contributed by atoms with Gasteiger partial charge in [-0.15, -0.1) is 11.8 Å². The van der Waals surface area contributed by atoms with Gasteiger partial charge in [-0.2, -0.15) is 9.36 Å². The van der Waals surface area contributed by atoms with Crippen molar-refractivity contribution in [3.8, 4) is 0 Å². The van der Waals surface area contributed by atoms with Crippen molar-refractivity contribution in [2.45, 2.75) is 63.7 Å². The Bertz CT molecular complexity index is 1620. The van der Waals surface area contributed by atoms with E-state index in [9.17, 15) is 34.2 Å². The smallest absolute Gasteiger partial charge is 0.352 e. The molecule has 0 bridgehead atoms. The molecule has 46 heavy (non-hydrogen) atoms. The van der Waals surface area contributed by atoms with Crippen molar-refractivity contribution in [2.75, 3.05) is 23.3 Å². The summed E-state index contributed by atoms with van der Waals surface area (Å²) in [4.78, 5) is 72.5. The van der Waals surface area contributed by atoms with E-state index in [0.717, 1.165) is 16.4 Å². The van der Waals surface area contributed by atoms with Crippen LogP contribution in [0.3, 0.4) is 0 Å². The van der Waals surface area contributed by atoms with Crippen molar-refractivity contribution >= 4 is 69.5 Å². The van der Waals surface area contributed by atoms with Crippen molar-refractivity contribution in [3.05, 3.63) is 41.6 Å². The number of thioether (sulfide) groups is 1. The van der Waals surface area contributed by atoms with Crippen LogP contribution in [0.15, 0.2) is 41.0 Å². The third kappa shape index (κ3) is 7.96. The van der Waals surface area contributed by atoms with Gasteiger partial charge in [0.05, 0.1) is 12.2 Å². The largest absolute Gasteiger partial charge is 0.478 e. The summed E-state index contributed by atoms with van der Waals surface area (Å²) in [5.41, 5.74) is 3.95. The van der Waals surface area contributed by atoms with E-state index in [-0.39, 0.29) is 46.9 Å². The number of aromatic nitrogens is 3. The highest BCUT2D eigenvalue weighted by molar-refractivity contribution is 8.00. The molecule has 4 rings (SSSR count). The van der Waals surface area contributed by atoms with Crippen LogP contribution in [0.25, 0.3) is 0 Å². The van der Waals surface area contributed by atoms with Gasteiger partial charge in [0.1, 0.15) is 17.1 Å². The number of anilines is 2. The molecule has 2 aliphatic heterocycles. The molecule has 0 aliphatic carbocycles. The van der Waals surface area contributed by atoms with Crippen LogP contribution in [-0.4, -0.2) is 94.7 Å². The fourth-order valence-electron chi connectivity index (χ4n) is 4.15. The Kier molecular flexibility index (Phi) is 9.97. The van der Waals surface area contributed by atoms with E-state index in [2.05, 4.69) is 30.5 Å². The average Bonchev–Trinajstić information content (AvgIpc) is 3.40. The number of β-lactam (4-membered cyclic amide) rings is 1. The number of carbonyl (C=O) groups is 5. The second-order valence-electron chi connectivity index (χ2n) is 11.8. The summed E-state index contributed by atoms with van der Waals surface area (Å²) in [6, 6.07) is 2.24. The number of nitrogen functional groups attached to an aromatic ring is 1. The average molecular weight is 677 g/mol. The lowest BCUT2D eigenvalue weighted by atomic mass is 10.0. The van der Waals surface area contributed by atoms with E-state index >= 15 is 0 Å². The molecule has 2 atom stereocenters. The fraction of sp³-hybridized carbons (Fsp3) is 0.444. The molecule has 19 heteroatoms. The van der Waals surface area contributed by atoms with Crippen molar-refractivity contribution in [2.24, 2.45) is 5.16 Å².